The van der Waals surface area contributed by atoms with E-state index < -0.39 is 0 Å². The van der Waals surface area contributed by atoms with E-state index in [1.807, 2.05) is 0 Å². The summed E-state index contributed by atoms with van der Waals surface area (Å²) in [5.74, 6) is -0.133. The summed E-state index contributed by atoms with van der Waals surface area (Å²) in [7, 11) is 3.33. The number of halogens is 1. The van der Waals surface area contributed by atoms with Crippen molar-refractivity contribution >= 4 is 39.2 Å². The normalized spacial score (nSPS) is 9.82. The van der Waals surface area contributed by atoms with Crippen molar-refractivity contribution in [3.8, 4) is 0 Å². The number of urea groups is 1. The van der Waals surface area contributed by atoms with Gasteiger partial charge in [0.1, 0.15) is 0 Å². The molecule has 1 aromatic heterocycles. The minimum atomic E-state index is -0.169. The smallest absolute Gasteiger partial charge is 0.316 e. The van der Waals surface area contributed by atoms with E-state index in [4.69, 9.17) is 0 Å². The predicted octanol–water partition coefficient (Wildman–Crippen LogP) is 1.51. The van der Waals surface area contributed by atoms with Crippen LogP contribution in [0.3, 0.4) is 0 Å². The number of carbonyl (C=O) groups excluding carboxylic acids is 2. The van der Waals surface area contributed by atoms with Crippen molar-refractivity contribution < 1.29 is 9.59 Å². The third-order valence-corrected chi connectivity index (χ3v) is 3.43. The number of carbonyl (C=O) groups is 2. The Labute approximate surface area is 112 Å². The minimum Gasteiger partial charge on any atom is -0.350 e. The zero-order valence-electron chi connectivity index (χ0n) is 9.62. The number of nitrogens with one attached hydrogen (secondary N) is 2. The molecule has 5 nitrogen and oxygen atoms in total. The molecule has 0 saturated heterocycles. The molecule has 0 unspecified atom stereocenters. The van der Waals surface area contributed by atoms with Crippen molar-refractivity contribution in [2.45, 2.75) is 0 Å². The van der Waals surface area contributed by atoms with Crippen LogP contribution in [0.15, 0.2) is 15.2 Å². The fourth-order valence-corrected chi connectivity index (χ4v) is 2.17. The lowest BCUT2D eigenvalue weighted by atomic mass is 10.3. The molecule has 0 aliphatic heterocycles. The lowest BCUT2D eigenvalue weighted by Gasteiger charge is -2.11. The van der Waals surface area contributed by atoms with Crippen LogP contribution in [0, 0.1) is 0 Å². The van der Waals surface area contributed by atoms with Crippen LogP contribution in [0.4, 0.5) is 4.79 Å². The predicted molar refractivity (Wildman–Crippen MR) is 71.4 cm³/mol. The molecule has 17 heavy (non-hydrogen) atoms. The number of nitrogens with zero attached hydrogens (tertiary/aromatic N) is 1. The fourth-order valence-electron chi connectivity index (χ4n) is 1.03. The van der Waals surface area contributed by atoms with Gasteiger partial charge in [0.2, 0.25) is 0 Å². The van der Waals surface area contributed by atoms with Crippen LogP contribution in [0.5, 0.6) is 0 Å². The molecule has 1 rings (SSSR count). The summed E-state index contributed by atoms with van der Waals surface area (Å²) in [6, 6.07) is 1.59. The second-order valence-corrected chi connectivity index (χ2v) is 5.81. The standard InChI is InChI=1S/C10H14BrN3O2S/c1-14(2)10(16)13-4-3-12-9(15)7-5-8(11)17-6-7/h5-6H,3-4H2,1-2H3,(H,12,15)(H,13,16). The van der Waals surface area contributed by atoms with Crippen molar-refractivity contribution in [2.75, 3.05) is 27.2 Å². The highest BCUT2D eigenvalue weighted by atomic mass is 79.9. The summed E-state index contributed by atoms with van der Waals surface area (Å²) in [5.41, 5.74) is 0.626. The molecule has 0 aliphatic rings. The van der Waals surface area contributed by atoms with Gasteiger partial charge in [-0.3, -0.25) is 4.79 Å². The quantitative estimate of drug-likeness (QED) is 0.826. The number of amides is 3. The van der Waals surface area contributed by atoms with Crippen molar-refractivity contribution in [1.29, 1.82) is 0 Å². The maximum absolute atomic E-state index is 11.6. The maximum atomic E-state index is 11.6. The van der Waals surface area contributed by atoms with Crippen molar-refractivity contribution in [3.63, 3.8) is 0 Å². The average molecular weight is 320 g/mol. The van der Waals surface area contributed by atoms with E-state index in [1.54, 1.807) is 25.5 Å². The van der Waals surface area contributed by atoms with Gasteiger partial charge in [-0.15, -0.1) is 11.3 Å². The van der Waals surface area contributed by atoms with E-state index in [2.05, 4.69) is 26.6 Å². The highest BCUT2D eigenvalue weighted by Crippen LogP contribution is 2.20. The molecule has 1 aromatic rings. The molecule has 0 aliphatic carbocycles. The van der Waals surface area contributed by atoms with Crippen LogP contribution in [0.1, 0.15) is 10.4 Å². The molecule has 94 valence electrons. The van der Waals surface area contributed by atoms with E-state index in [0.29, 0.717) is 18.7 Å². The molecule has 0 radical (unpaired) electrons. The summed E-state index contributed by atoms with van der Waals surface area (Å²) in [6.07, 6.45) is 0. The second-order valence-electron chi connectivity index (χ2n) is 3.52. The summed E-state index contributed by atoms with van der Waals surface area (Å²) in [5, 5.41) is 7.16. The van der Waals surface area contributed by atoms with E-state index in [1.165, 1.54) is 16.2 Å². The van der Waals surface area contributed by atoms with Gasteiger partial charge >= 0.3 is 6.03 Å². The lowest BCUT2D eigenvalue weighted by molar-refractivity contribution is 0.0954. The van der Waals surface area contributed by atoms with Gasteiger partial charge in [-0.2, -0.15) is 0 Å². The maximum Gasteiger partial charge on any atom is 0.316 e. The lowest BCUT2D eigenvalue weighted by Crippen LogP contribution is -2.39. The molecule has 7 heteroatoms. The largest absolute Gasteiger partial charge is 0.350 e. The first-order chi connectivity index (χ1) is 8.00. The van der Waals surface area contributed by atoms with Gasteiger partial charge in [-0.25, -0.2) is 4.79 Å². The molecule has 0 fully saturated rings. The molecule has 0 atom stereocenters. The van der Waals surface area contributed by atoms with Crippen molar-refractivity contribution in [3.05, 3.63) is 20.8 Å². The summed E-state index contributed by atoms with van der Waals surface area (Å²) in [6.45, 7) is 0.819. The van der Waals surface area contributed by atoms with Crippen LogP contribution in [-0.4, -0.2) is 44.0 Å². The van der Waals surface area contributed by atoms with Crippen molar-refractivity contribution in [2.24, 2.45) is 0 Å². The molecule has 0 saturated carbocycles. The summed E-state index contributed by atoms with van der Waals surface area (Å²) < 4.78 is 0.920. The number of hydrogen-bond acceptors (Lipinski definition) is 3. The Morgan fingerprint density at radius 3 is 2.53 bits per heavy atom. The second kappa shape index (κ2) is 6.61. The molecular weight excluding hydrogens is 306 g/mol. The Balaban J connectivity index is 2.23. The molecule has 0 aromatic carbocycles. The zero-order valence-corrected chi connectivity index (χ0v) is 12.0. The topological polar surface area (TPSA) is 61.4 Å². The molecule has 0 spiro atoms. The third-order valence-electron chi connectivity index (χ3n) is 1.92. The Kier molecular flexibility index (Phi) is 5.43. The first-order valence-electron chi connectivity index (χ1n) is 4.98. The average Bonchev–Trinajstić information content (AvgIpc) is 2.70. The molecular formula is C10H14BrN3O2S. The van der Waals surface area contributed by atoms with Gasteiger partial charge in [-0.05, 0) is 22.0 Å². The Morgan fingerprint density at radius 2 is 2.00 bits per heavy atom. The Morgan fingerprint density at radius 1 is 1.35 bits per heavy atom. The first kappa shape index (κ1) is 14.0. The van der Waals surface area contributed by atoms with E-state index in [0.717, 1.165) is 3.79 Å². The summed E-state index contributed by atoms with van der Waals surface area (Å²) in [4.78, 5) is 24.2. The first-order valence-corrected chi connectivity index (χ1v) is 6.65. The van der Waals surface area contributed by atoms with Gasteiger partial charge in [0, 0.05) is 32.6 Å². The number of thiophene rings is 1. The van der Waals surface area contributed by atoms with Crippen LogP contribution >= 0.6 is 27.3 Å². The van der Waals surface area contributed by atoms with Crippen LogP contribution < -0.4 is 10.6 Å². The molecule has 1 heterocycles. The van der Waals surface area contributed by atoms with Crippen LogP contribution in [-0.2, 0) is 0 Å². The molecule has 3 amide bonds. The van der Waals surface area contributed by atoms with Gasteiger partial charge in [0.05, 0.1) is 9.35 Å². The van der Waals surface area contributed by atoms with E-state index in [9.17, 15) is 9.59 Å². The Bertz CT molecular complexity index is 406. The van der Waals surface area contributed by atoms with Crippen LogP contribution in [0.2, 0.25) is 0 Å². The minimum absolute atomic E-state index is 0.133. The highest BCUT2D eigenvalue weighted by molar-refractivity contribution is 9.11. The van der Waals surface area contributed by atoms with Crippen LogP contribution in [0.25, 0.3) is 0 Å². The van der Waals surface area contributed by atoms with E-state index >= 15 is 0 Å². The molecule has 2 N–H and O–H groups in total. The van der Waals surface area contributed by atoms with Gasteiger partial charge in [0.15, 0.2) is 0 Å². The van der Waals surface area contributed by atoms with Crippen molar-refractivity contribution in [1.82, 2.24) is 15.5 Å². The number of hydrogen-bond donors (Lipinski definition) is 2. The highest BCUT2D eigenvalue weighted by Gasteiger charge is 2.07. The summed E-state index contributed by atoms with van der Waals surface area (Å²) >= 11 is 4.75. The Hall–Kier alpha value is -1.08. The van der Waals surface area contributed by atoms with E-state index in [-0.39, 0.29) is 11.9 Å². The monoisotopic (exact) mass is 319 g/mol. The van der Waals surface area contributed by atoms with Gasteiger partial charge < -0.3 is 15.5 Å². The fraction of sp³-hybridized carbons (Fsp3) is 0.400. The zero-order chi connectivity index (χ0) is 12.8. The SMILES string of the molecule is CN(C)C(=O)NCCNC(=O)c1csc(Br)c1. The number of rotatable bonds is 4. The van der Waals surface area contributed by atoms with Gasteiger partial charge in [-0.1, -0.05) is 0 Å². The molecule has 0 bridgehead atoms. The third kappa shape index (κ3) is 4.74. The van der Waals surface area contributed by atoms with Gasteiger partial charge in [0.25, 0.3) is 5.91 Å².